The quantitative estimate of drug-likeness (QED) is 0.562. The molecule has 62 valence electrons. The molecule has 1 aliphatic heterocycles. The number of carboxylic acid groups (broad SMARTS) is 1. The second kappa shape index (κ2) is 2.86. The fraction of sp³-hybridized carbons (Fsp3) is 0.667. The van der Waals surface area contributed by atoms with E-state index < -0.39 is 18.3 Å². The molecule has 0 spiro atoms. The Hall–Kier alpha value is -1.13. The van der Waals surface area contributed by atoms with Crippen LogP contribution in [-0.4, -0.2) is 41.1 Å². The third-order valence-electron chi connectivity index (χ3n) is 1.70. The molecule has 0 aromatic rings. The maximum atomic E-state index is 12.5. The van der Waals surface area contributed by atoms with Crippen LogP contribution in [0.4, 0.5) is 9.18 Å². The van der Waals surface area contributed by atoms with Crippen LogP contribution in [0.25, 0.3) is 0 Å². The number of hydrogen-bond donors (Lipinski definition) is 1. The van der Waals surface area contributed by atoms with E-state index in [-0.39, 0.29) is 13.0 Å². The molecule has 11 heavy (non-hydrogen) atoms. The first kappa shape index (κ1) is 7.97. The topological polar surface area (TPSA) is 57.6 Å². The summed E-state index contributed by atoms with van der Waals surface area (Å²) in [5, 5.41) is 8.43. The van der Waals surface area contributed by atoms with E-state index in [1.54, 1.807) is 0 Å². The molecule has 1 rings (SSSR count). The number of amides is 1. The van der Waals surface area contributed by atoms with Gasteiger partial charge in [0.25, 0.3) is 0 Å². The molecule has 1 N–H and O–H groups in total. The monoisotopic (exact) mass is 161 g/mol. The number of alkyl halides is 1. The summed E-state index contributed by atoms with van der Waals surface area (Å²) in [6.07, 6.45) is -1.97. The zero-order chi connectivity index (χ0) is 8.43. The van der Waals surface area contributed by atoms with Gasteiger partial charge in [0.05, 0.1) is 12.6 Å². The Bertz CT molecular complexity index is 185. The van der Waals surface area contributed by atoms with Crippen LogP contribution >= 0.6 is 0 Å². The number of halogens is 1. The predicted molar refractivity (Wildman–Crippen MR) is 34.1 cm³/mol. The highest BCUT2D eigenvalue weighted by Crippen LogP contribution is 2.18. The van der Waals surface area contributed by atoms with E-state index in [9.17, 15) is 14.0 Å². The number of rotatable bonds is 1. The van der Waals surface area contributed by atoms with Crippen molar-refractivity contribution >= 4 is 12.4 Å². The summed E-state index contributed by atoms with van der Waals surface area (Å²) in [6, 6.07) is -0.789. The third kappa shape index (κ3) is 1.47. The highest BCUT2D eigenvalue weighted by Gasteiger charge is 2.34. The average Bonchev–Trinajstić information content (AvgIpc) is 2.30. The first-order valence-electron chi connectivity index (χ1n) is 3.24. The molecule has 0 radical (unpaired) electrons. The van der Waals surface area contributed by atoms with E-state index in [2.05, 4.69) is 0 Å². The predicted octanol–water partition coefficient (Wildman–Crippen LogP) is 0.276. The van der Waals surface area contributed by atoms with Gasteiger partial charge in [0, 0.05) is 6.42 Å². The normalized spacial score (nSPS) is 30.5. The van der Waals surface area contributed by atoms with Crippen molar-refractivity contribution in [3.63, 3.8) is 0 Å². The summed E-state index contributed by atoms with van der Waals surface area (Å²) < 4.78 is 12.5. The summed E-state index contributed by atoms with van der Waals surface area (Å²) in [5.41, 5.74) is 0. The minimum atomic E-state index is -1.23. The first-order chi connectivity index (χ1) is 5.15. The minimum Gasteiger partial charge on any atom is -0.465 e. The lowest BCUT2D eigenvalue weighted by Crippen LogP contribution is -2.35. The van der Waals surface area contributed by atoms with Crippen LogP contribution in [-0.2, 0) is 4.79 Å². The molecule has 0 saturated carbocycles. The van der Waals surface area contributed by atoms with Crippen LogP contribution in [0.2, 0.25) is 0 Å². The molecule has 5 heteroatoms. The number of hydrogen-bond acceptors (Lipinski definition) is 2. The molecule has 2 atom stereocenters. The van der Waals surface area contributed by atoms with Gasteiger partial charge in [-0.15, -0.1) is 0 Å². The van der Waals surface area contributed by atoms with Crippen molar-refractivity contribution in [3.8, 4) is 0 Å². The van der Waals surface area contributed by atoms with Crippen LogP contribution in [0.5, 0.6) is 0 Å². The Morgan fingerprint density at radius 2 is 2.36 bits per heavy atom. The van der Waals surface area contributed by atoms with Gasteiger partial charge in [0.15, 0.2) is 0 Å². The Kier molecular flexibility index (Phi) is 2.07. The lowest BCUT2D eigenvalue weighted by Gasteiger charge is -2.14. The van der Waals surface area contributed by atoms with Crippen LogP contribution in [0.15, 0.2) is 0 Å². The van der Waals surface area contributed by atoms with Crippen molar-refractivity contribution in [2.75, 3.05) is 6.54 Å². The van der Waals surface area contributed by atoms with Gasteiger partial charge in [-0.05, 0) is 0 Å². The van der Waals surface area contributed by atoms with Crippen molar-refractivity contribution in [1.29, 1.82) is 0 Å². The number of nitrogens with zero attached hydrogens (tertiary/aromatic N) is 1. The molecular weight excluding hydrogens is 153 g/mol. The van der Waals surface area contributed by atoms with Crippen molar-refractivity contribution in [3.05, 3.63) is 0 Å². The van der Waals surface area contributed by atoms with Crippen molar-refractivity contribution in [2.45, 2.75) is 18.6 Å². The van der Waals surface area contributed by atoms with Gasteiger partial charge < -0.3 is 9.90 Å². The van der Waals surface area contributed by atoms with Crippen molar-refractivity contribution in [1.82, 2.24) is 4.90 Å². The van der Waals surface area contributed by atoms with Gasteiger partial charge in [0.2, 0.25) is 0 Å². The maximum absolute atomic E-state index is 12.5. The van der Waals surface area contributed by atoms with E-state index in [0.29, 0.717) is 6.29 Å². The molecule has 1 unspecified atom stereocenters. The highest BCUT2D eigenvalue weighted by molar-refractivity contribution is 5.72. The molecule has 4 nitrogen and oxygen atoms in total. The van der Waals surface area contributed by atoms with Crippen LogP contribution in [0.1, 0.15) is 6.42 Å². The molecular formula is C6H8FNO3. The molecule has 1 fully saturated rings. The Balaban J connectivity index is 2.64. The molecule has 0 aromatic carbocycles. The van der Waals surface area contributed by atoms with Crippen LogP contribution in [0, 0.1) is 0 Å². The number of likely N-dealkylation sites (tertiary alicyclic amines) is 1. The lowest BCUT2D eigenvalue weighted by atomic mass is 10.2. The SMILES string of the molecule is O=CC1C[C@H](F)CN1C(=O)O. The van der Waals surface area contributed by atoms with E-state index in [0.717, 1.165) is 4.90 Å². The first-order valence-corrected chi connectivity index (χ1v) is 3.24. The Morgan fingerprint density at radius 1 is 1.73 bits per heavy atom. The second-order valence-electron chi connectivity index (χ2n) is 2.47. The number of aldehydes is 1. The van der Waals surface area contributed by atoms with Gasteiger partial charge in [-0.3, -0.25) is 4.90 Å². The van der Waals surface area contributed by atoms with Gasteiger partial charge in [-0.25, -0.2) is 9.18 Å². The molecule has 0 aromatic heterocycles. The zero-order valence-electron chi connectivity index (χ0n) is 5.74. The minimum absolute atomic E-state index is 0.00417. The summed E-state index contributed by atoms with van der Waals surface area (Å²) in [4.78, 5) is 21.3. The van der Waals surface area contributed by atoms with Crippen molar-refractivity contribution in [2.24, 2.45) is 0 Å². The molecule has 1 saturated heterocycles. The summed E-state index contributed by atoms with van der Waals surface area (Å²) in [5.74, 6) is 0. The highest BCUT2D eigenvalue weighted by atomic mass is 19.1. The standard InChI is InChI=1S/C6H8FNO3/c7-4-1-5(3-9)8(2-4)6(10)11/h3-5H,1-2H2,(H,10,11)/t4-,5?/m0/s1. The van der Waals surface area contributed by atoms with Gasteiger partial charge in [-0.1, -0.05) is 0 Å². The van der Waals surface area contributed by atoms with Gasteiger partial charge in [0.1, 0.15) is 12.5 Å². The van der Waals surface area contributed by atoms with Crippen molar-refractivity contribution < 1.29 is 19.1 Å². The molecule has 1 aliphatic rings. The summed E-state index contributed by atoms with van der Waals surface area (Å²) in [7, 11) is 0. The van der Waals surface area contributed by atoms with Crippen LogP contribution < -0.4 is 0 Å². The fourth-order valence-electron chi connectivity index (χ4n) is 1.16. The summed E-state index contributed by atoms with van der Waals surface area (Å²) >= 11 is 0. The fourth-order valence-corrected chi connectivity index (χ4v) is 1.16. The third-order valence-corrected chi connectivity index (χ3v) is 1.70. The second-order valence-corrected chi connectivity index (χ2v) is 2.47. The maximum Gasteiger partial charge on any atom is 0.408 e. The Morgan fingerprint density at radius 3 is 2.73 bits per heavy atom. The largest absolute Gasteiger partial charge is 0.465 e. The van der Waals surface area contributed by atoms with Gasteiger partial charge >= 0.3 is 6.09 Å². The zero-order valence-corrected chi connectivity index (χ0v) is 5.74. The molecule has 0 aliphatic carbocycles. The van der Waals surface area contributed by atoms with E-state index in [1.807, 2.05) is 0 Å². The van der Waals surface area contributed by atoms with Crippen LogP contribution in [0.3, 0.4) is 0 Å². The average molecular weight is 161 g/mol. The molecule has 1 amide bonds. The van der Waals surface area contributed by atoms with E-state index >= 15 is 0 Å². The summed E-state index contributed by atoms with van der Waals surface area (Å²) in [6.45, 7) is -0.182. The molecule has 0 bridgehead atoms. The number of carbonyl (C=O) groups excluding carboxylic acids is 1. The van der Waals surface area contributed by atoms with Gasteiger partial charge in [-0.2, -0.15) is 0 Å². The smallest absolute Gasteiger partial charge is 0.408 e. The number of carbonyl (C=O) groups is 2. The van der Waals surface area contributed by atoms with E-state index in [4.69, 9.17) is 5.11 Å². The lowest BCUT2D eigenvalue weighted by molar-refractivity contribution is -0.111. The molecule has 1 heterocycles. The van der Waals surface area contributed by atoms with E-state index in [1.165, 1.54) is 0 Å². The Labute approximate surface area is 62.6 Å².